The van der Waals surface area contributed by atoms with Crippen molar-refractivity contribution < 1.29 is 9.63 Å². The van der Waals surface area contributed by atoms with E-state index in [0.29, 0.717) is 12.2 Å². The van der Waals surface area contributed by atoms with Gasteiger partial charge < -0.3 is 9.63 Å². The van der Waals surface area contributed by atoms with Crippen LogP contribution >= 0.6 is 0 Å². The Morgan fingerprint density at radius 1 is 1.13 bits per heavy atom. The van der Waals surface area contributed by atoms with Crippen LogP contribution in [-0.2, 0) is 13.2 Å². The third-order valence-electron chi connectivity index (χ3n) is 4.22. The van der Waals surface area contributed by atoms with Gasteiger partial charge in [0, 0.05) is 11.1 Å². The molecule has 0 atom stereocenters. The van der Waals surface area contributed by atoms with E-state index in [9.17, 15) is 5.11 Å². The largest absolute Gasteiger partial charge is 0.390 e. The van der Waals surface area contributed by atoms with Crippen molar-refractivity contribution in [2.45, 2.75) is 40.8 Å². The molecule has 3 aromatic rings. The zero-order chi connectivity index (χ0) is 16.6. The normalized spacial score (nSPS) is 11.2. The molecule has 0 bridgehead atoms. The molecule has 0 amide bonds. The lowest BCUT2D eigenvalue weighted by Gasteiger charge is -2.10. The Morgan fingerprint density at radius 3 is 2.52 bits per heavy atom. The molecule has 6 nitrogen and oxygen atoms in total. The van der Waals surface area contributed by atoms with Gasteiger partial charge in [0.1, 0.15) is 11.5 Å². The van der Waals surface area contributed by atoms with Crippen LogP contribution in [0, 0.1) is 27.7 Å². The molecular formula is C17H20N4O2. The minimum Gasteiger partial charge on any atom is -0.390 e. The molecule has 23 heavy (non-hydrogen) atoms. The van der Waals surface area contributed by atoms with E-state index in [-0.39, 0.29) is 6.61 Å². The lowest BCUT2D eigenvalue weighted by molar-refractivity contribution is 0.277. The third kappa shape index (κ3) is 2.77. The highest BCUT2D eigenvalue weighted by Gasteiger charge is 2.18. The maximum absolute atomic E-state index is 9.61. The maximum atomic E-state index is 9.61. The molecular weight excluding hydrogens is 292 g/mol. The minimum absolute atomic E-state index is 0.149. The summed E-state index contributed by atoms with van der Waals surface area (Å²) >= 11 is 0. The third-order valence-corrected chi connectivity index (χ3v) is 4.22. The fourth-order valence-corrected chi connectivity index (χ4v) is 2.65. The van der Waals surface area contributed by atoms with Gasteiger partial charge in [0.25, 0.3) is 0 Å². The Labute approximate surface area is 134 Å². The zero-order valence-electron chi connectivity index (χ0n) is 13.8. The molecule has 0 aliphatic heterocycles. The molecule has 120 valence electrons. The number of nitrogens with zero attached hydrogens (tertiary/aromatic N) is 4. The first-order valence-corrected chi connectivity index (χ1v) is 7.54. The monoisotopic (exact) mass is 312 g/mol. The number of aromatic nitrogens is 4. The van der Waals surface area contributed by atoms with Crippen LogP contribution in [0.3, 0.4) is 0 Å². The van der Waals surface area contributed by atoms with Crippen molar-refractivity contribution in [1.82, 2.24) is 20.2 Å². The fraction of sp³-hybridized carbons (Fsp3) is 0.353. The summed E-state index contributed by atoms with van der Waals surface area (Å²) < 4.78 is 7.01. The smallest absolute Gasteiger partial charge is 0.138 e. The van der Waals surface area contributed by atoms with Crippen LogP contribution in [0.5, 0.6) is 0 Å². The molecule has 0 aliphatic rings. The molecule has 0 saturated carbocycles. The van der Waals surface area contributed by atoms with Gasteiger partial charge in [-0.05, 0) is 44.9 Å². The summed E-state index contributed by atoms with van der Waals surface area (Å²) in [5.41, 5.74) is 6.64. The first kappa shape index (κ1) is 15.4. The molecule has 1 N–H and O–H groups in total. The van der Waals surface area contributed by atoms with Crippen LogP contribution in [0.2, 0.25) is 0 Å². The summed E-state index contributed by atoms with van der Waals surface area (Å²) in [6.45, 7) is 8.30. The van der Waals surface area contributed by atoms with E-state index < -0.39 is 0 Å². The average molecular weight is 312 g/mol. The molecule has 0 unspecified atom stereocenters. The van der Waals surface area contributed by atoms with Gasteiger partial charge in [0.15, 0.2) is 0 Å². The summed E-state index contributed by atoms with van der Waals surface area (Å²) in [6.07, 6.45) is 0. The standard InChI is InChI=1S/C17H20N4O2/c1-10-5-6-14(7-11(10)2)17-16(9-22)18-20-21(17)8-15-12(3)19-23-13(15)4/h5-7,22H,8-9H2,1-4H3. The molecule has 2 heterocycles. The number of aliphatic hydroxyl groups is 1. The van der Waals surface area contributed by atoms with Gasteiger partial charge >= 0.3 is 0 Å². The van der Waals surface area contributed by atoms with E-state index in [1.165, 1.54) is 11.1 Å². The molecule has 6 heteroatoms. The number of hydrogen-bond acceptors (Lipinski definition) is 5. The first-order valence-electron chi connectivity index (χ1n) is 7.54. The Morgan fingerprint density at radius 2 is 1.91 bits per heavy atom. The quantitative estimate of drug-likeness (QED) is 0.801. The van der Waals surface area contributed by atoms with E-state index in [0.717, 1.165) is 28.3 Å². The van der Waals surface area contributed by atoms with Gasteiger partial charge in [0.05, 0.1) is 24.5 Å². The lowest BCUT2D eigenvalue weighted by atomic mass is 10.0. The van der Waals surface area contributed by atoms with Crippen LogP contribution in [0.25, 0.3) is 11.3 Å². The molecule has 0 saturated heterocycles. The summed E-state index contributed by atoms with van der Waals surface area (Å²) in [4.78, 5) is 0. The summed E-state index contributed by atoms with van der Waals surface area (Å²) in [6, 6.07) is 6.19. The van der Waals surface area contributed by atoms with Crippen molar-refractivity contribution in [1.29, 1.82) is 0 Å². The van der Waals surface area contributed by atoms with Gasteiger partial charge in [-0.2, -0.15) is 0 Å². The van der Waals surface area contributed by atoms with Gasteiger partial charge in [0.2, 0.25) is 0 Å². The molecule has 1 aromatic carbocycles. The van der Waals surface area contributed by atoms with Crippen molar-refractivity contribution in [3.05, 3.63) is 52.0 Å². The summed E-state index contributed by atoms with van der Waals surface area (Å²) in [5, 5.41) is 21.9. The van der Waals surface area contributed by atoms with E-state index in [1.807, 2.05) is 19.9 Å². The highest BCUT2D eigenvalue weighted by atomic mass is 16.5. The van der Waals surface area contributed by atoms with Crippen molar-refractivity contribution in [2.75, 3.05) is 0 Å². The number of hydrogen-bond donors (Lipinski definition) is 1. The van der Waals surface area contributed by atoms with Crippen molar-refractivity contribution in [3.8, 4) is 11.3 Å². The predicted octanol–water partition coefficient (Wildman–Crippen LogP) is 2.71. The van der Waals surface area contributed by atoms with E-state index in [1.54, 1.807) is 4.68 Å². The highest BCUT2D eigenvalue weighted by Crippen LogP contribution is 2.26. The Kier molecular flexibility index (Phi) is 4.00. The highest BCUT2D eigenvalue weighted by molar-refractivity contribution is 5.63. The molecule has 0 aliphatic carbocycles. The maximum Gasteiger partial charge on any atom is 0.138 e. The Balaban J connectivity index is 2.09. The van der Waals surface area contributed by atoms with Gasteiger partial charge in [-0.1, -0.05) is 22.5 Å². The minimum atomic E-state index is -0.149. The topological polar surface area (TPSA) is 77.0 Å². The second kappa shape index (κ2) is 5.96. The lowest BCUT2D eigenvalue weighted by Crippen LogP contribution is -2.06. The van der Waals surface area contributed by atoms with Crippen LogP contribution in [-0.4, -0.2) is 25.3 Å². The second-order valence-corrected chi connectivity index (χ2v) is 5.80. The molecule has 3 rings (SSSR count). The van der Waals surface area contributed by atoms with Gasteiger partial charge in [-0.3, -0.25) is 0 Å². The number of rotatable bonds is 4. The van der Waals surface area contributed by atoms with Crippen molar-refractivity contribution in [3.63, 3.8) is 0 Å². The van der Waals surface area contributed by atoms with Crippen molar-refractivity contribution >= 4 is 0 Å². The SMILES string of the molecule is Cc1ccc(-c2c(CO)nnn2Cc2c(C)noc2C)cc1C. The number of aryl methyl sites for hydroxylation is 4. The average Bonchev–Trinajstić information content (AvgIpc) is 3.08. The van der Waals surface area contributed by atoms with E-state index in [4.69, 9.17) is 4.52 Å². The number of aliphatic hydroxyl groups excluding tert-OH is 1. The van der Waals surface area contributed by atoms with Crippen molar-refractivity contribution in [2.24, 2.45) is 0 Å². The predicted molar refractivity (Wildman–Crippen MR) is 85.9 cm³/mol. The molecule has 2 aromatic heterocycles. The molecule has 0 fully saturated rings. The van der Waals surface area contributed by atoms with Crippen LogP contribution < -0.4 is 0 Å². The summed E-state index contributed by atoms with van der Waals surface area (Å²) in [7, 11) is 0. The fourth-order valence-electron chi connectivity index (χ4n) is 2.65. The molecule has 0 spiro atoms. The molecule has 0 radical (unpaired) electrons. The van der Waals surface area contributed by atoms with Crippen LogP contribution in [0.1, 0.15) is 33.8 Å². The van der Waals surface area contributed by atoms with Gasteiger partial charge in [-0.15, -0.1) is 5.10 Å². The van der Waals surface area contributed by atoms with E-state index >= 15 is 0 Å². The van der Waals surface area contributed by atoms with Crippen LogP contribution in [0.15, 0.2) is 22.7 Å². The zero-order valence-corrected chi connectivity index (χ0v) is 13.8. The Bertz CT molecular complexity index is 829. The summed E-state index contributed by atoms with van der Waals surface area (Å²) in [5.74, 6) is 0.773. The van der Waals surface area contributed by atoms with Gasteiger partial charge in [-0.25, -0.2) is 4.68 Å². The van der Waals surface area contributed by atoms with Crippen LogP contribution in [0.4, 0.5) is 0 Å². The second-order valence-electron chi connectivity index (χ2n) is 5.80. The first-order chi connectivity index (χ1) is 11.0. The van der Waals surface area contributed by atoms with E-state index in [2.05, 4.69) is 41.4 Å². The Hall–Kier alpha value is -2.47. The number of benzene rings is 1.